The molecule has 1 fully saturated rings. The van der Waals surface area contributed by atoms with Gasteiger partial charge in [-0.05, 0) is 36.6 Å². The summed E-state index contributed by atoms with van der Waals surface area (Å²) in [5.41, 5.74) is 1.01. The lowest BCUT2D eigenvalue weighted by molar-refractivity contribution is -0.130. The summed E-state index contributed by atoms with van der Waals surface area (Å²) in [6.07, 6.45) is 1.99. The van der Waals surface area contributed by atoms with E-state index in [1.54, 1.807) is 31.2 Å². The fourth-order valence-corrected chi connectivity index (χ4v) is 3.43. The van der Waals surface area contributed by atoms with Gasteiger partial charge < -0.3 is 10.1 Å². The Bertz CT molecular complexity index is 907. The maximum atomic E-state index is 13.0. The van der Waals surface area contributed by atoms with Gasteiger partial charge in [-0.1, -0.05) is 49.7 Å². The van der Waals surface area contributed by atoms with Crippen LogP contribution in [0.25, 0.3) is 0 Å². The van der Waals surface area contributed by atoms with Gasteiger partial charge in [0.15, 0.2) is 5.78 Å². The van der Waals surface area contributed by atoms with Crippen LogP contribution in [-0.2, 0) is 16.8 Å². The van der Waals surface area contributed by atoms with Crippen molar-refractivity contribution >= 4 is 17.7 Å². The van der Waals surface area contributed by atoms with Gasteiger partial charge >= 0.3 is 6.03 Å². The van der Waals surface area contributed by atoms with E-state index >= 15 is 0 Å². The van der Waals surface area contributed by atoms with E-state index in [-0.39, 0.29) is 12.3 Å². The average molecular weight is 380 g/mol. The van der Waals surface area contributed by atoms with Crippen molar-refractivity contribution in [1.82, 2.24) is 10.2 Å². The maximum absolute atomic E-state index is 13.0. The Labute approximate surface area is 164 Å². The van der Waals surface area contributed by atoms with Crippen LogP contribution in [0.5, 0.6) is 5.75 Å². The molecule has 0 spiro atoms. The topological polar surface area (TPSA) is 75.7 Å². The molecule has 0 aromatic heterocycles. The average Bonchev–Trinajstić information content (AvgIpc) is 2.92. The second-order valence-corrected chi connectivity index (χ2v) is 7.02. The molecule has 1 saturated heterocycles. The number of imide groups is 1. The van der Waals surface area contributed by atoms with E-state index in [1.807, 2.05) is 24.3 Å². The van der Waals surface area contributed by atoms with Gasteiger partial charge in [0.05, 0.1) is 19.2 Å². The Balaban J connectivity index is 1.82. The van der Waals surface area contributed by atoms with Crippen molar-refractivity contribution in [3.05, 3.63) is 65.2 Å². The van der Waals surface area contributed by atoms with Crippen LogP contribution in [0.4, 0.5) is 4.79 Å². The SMILES string of the molecule is CCCc1ccc([C@@]2(C)NC(=O)N(CC(=O)c3ccccc3OC)C2=O)cc1. The van der Waals surface area contributed by atoms with Crippen molar-refractivity contribution in [3.8, 4) is 5.75 Å². The predicted octanol–water partition coefficient (Wildman–Crippen LogP) is 3.30. The monoisotopic (exact) mass is 380 g/mol. The first-order chi connectivity index (χ1) is 13.4. The number of amides is 3. The second kappa shape index (κ2) is 7.84. The molecule has 0 radical (unpaired) electrons. The Kier molecular flexibility index (Phi) is 5.49. The van der Waals surface area contributed by atoms with Crippen molar-refractivity contribution < 1.29 is 19.1 Å². The summed E-state index contributed by atoms with van der Waals surface area (Å²) in [5, 5.41) is 2.74. The largest absolute Gasteiger partial charge is 0.496 e. The first-order valence-electron chi connectivity index (χ1n) is 9.30. The van der Waals surface area contributed by atoms with Crippen molar-refractivity contribution in [2.24, 2.45) is 0 Å². The first kappa shape index (κ1) is 19.6. The molecule has 2 aromatic carbocycles. The Morgan fingerprint density at radius 2 is 1.79 bits per heavy atom. The van der Waals surface area contributed by atoms with Gasteiger partial charge in [0, 0.05) is 0 Å². The molecule has 146 valence electrons. The lowest BCUT2D eigenvalue weighted by Gasteiger charge is -2.22. The number of nitrogens with zero attached hydrogens (tertiary/aromatic N) is 1. The molecule has 6 heteroatoms. The number of urea groups is 1. The van der Waals surface area contributed by atoms with Gasteiger partial charge in [0.2, 0.25) is 0 Å². The number of ketones is 1. The van der Waals surface area contributed by atoms with E-state index in [0.717, 1.165) is 17.7 Å². The van der Waals surface area contributed by atoms with Crippen molar-refractivity contribution in [1.29, 1.82) is 0 Å². The van der Waals surface area contributed by atoms with Gasteiger partial charge in [-0.25, -0.2) is 4.79 Å². The third-order valence-electron chi connectivity index (χ3n) is 5.05. The smallest absolute Gasteiger partial charge is 0.325 e. The molecule has 1 heterocycles. The minimum atomic E-state index is -1.19. The number of ether oxygens (including phenoxy) is 1. The summed E-state index contributed by atoms with van der Waals surface area (Å²) in [4.78, 5) is 39.2. The minimum Gasteiger partial charge on any atom is -0.496 e. The van der Waals surface area contributed by atoms with E-state index < -0.39 is 17.5 Å². The molecule has 3 amide bonds. The van der Waals surface area contributed by atoms with Crippen molar-refractivity contribution in [2.75, 3.05) is 13.7 Å². The molecule has 3 rings (SSSR count). The maximum Gasteiger partial charge on any atom is 0.325 e. The van der Waals surface area contributed by atoms with Gasteiger partial charge in [0.1, 0.15) is 11.3 Å². The molecule has 6 nitrogen and oxygen atoms in total. The number of para-hydroxylation sites is 1. The van der Waals surface area contributed by atoms with Crippen molar-refractivity contribution in [3.63, 3.8) is 0 Å². The highest BCUT2D eigenvalue weighted by Gasteiger charge is 2.49. The zero-order chi connectivity index (χ0) is 20.3. The van der Waals surface area contributed by atoms with Gasteiger partial charge in [-0.3, -0.25) is 14.5 Å². The molecule has 28 heavy (non-hydrogen) atoms. The molecule has 1 N–H and O–H groups in total. The standard InChI is InChI=1S/C22H24N2O4/c1-4-7-15-10-12-16(13-11-15)22(2)20(26)24(21(27)23-22)14-18(25)17-8-5-6-9-19(17)28-3/h5-6,8-13H,4,7,14H2,1-3H3,(H,23,27)/t22-/m1/s1. The molecule has 1 atom stereocenters. The normalized spacial score (nSPS) is 18.9. The number of hydrogen-bond donors (Lipinski definition) is 1. The number of methoxy groups -OCH3 is 1. The third kappa shape index (κ3) is 3.50. The molecule has 0 bridgehead atoms. The second-order valence-electron chi connectivity index (χ2n) is 7.02. The highest BCUT2D eigenvalue weighted by atomic mass is 16.5. The molecule has 0 saturated carbocycles. The van der Waals surface area contributed by atoms with Crippen LogP contribution >= 0.6 is 0 Å². The van der Waals surface area contributed by atoms with Crippen molar-refractivity contribution in [2.45, 2.75) is 32.2 Å². The van der Waals surface area contributed by atoms with Gasteiger partial charge in [0.25, 0.3) is 5.91 Å². The van der Waals surface area contributed by atoms with E-state index in [0.29, 0.717) is 16.9 Å². The molecule has 1 aliphatic rings. The minimum absolute atomic E-state index is 0.336. The van der Waals surface area contributed by atoms with Crippen LogP contribution < -0.4 is 10.1 Å². The highest BCUT2D eigenvalue weighted by Crippen LogP contribution is 2.30. The van der Waals surface area contributed by atoms with E-state index in [9.17, 15) is 14.4 Å². The van der Waals surface area contributed by atoms with Crippen LogP contribution in [0.2, 0.25) is 0 Å². The number of Topliss-reactive ketones (excluding diaryl/α,β-unsaturated/α-hetero) is 1. The predicted molar refractivity (Wildman–Crippen MR) is 105 cm³/mol. The Morgan fingerprint density at radius 1 is 1.11 bits per heavy atom. The number of carbonyl (C=O) groups is 3. The van der Waals surface area contributed by atoms with Gasteiger partial charge in [-0.2, -0.15) is 0 Å². The lowest BCUT2D eigenvalue weighted by Crippen LogP contribution is -2.41. The fraction of sp³-hybridized carbons (Fsp3) is 0.318. The highest BCUT2D eigenvalue weighted by molar-refractivity contribution is 6.11. The van der Waals surface area contributed by atoms with E-state index in [4.69, 9.17) is 4.74 Å². The third-order valence-corrected chi connectivity index (χ3v) is 5.05. The van der Waals surface area contributed by atoms with Crippen LogP contribution in [-0.4, -0.2) is 36.3 Å². The molecule has 0 unspecified atom stereocenters. The number of hydrogen-bond acceptors (Lipinski definition) is 4. The van der Waals surface area contributed by atoms with Crippen LogP contribution in [0, 0.1) is 0 Å². The summed E-state index contributed by atoms with van der Waals surface area (Å²) in [6, 6.07) is 13.8. The van der Waals surface area contributed by atoms with Gasteiger partial charge in [-0.15, -0.1) is 0 Å². The number of aryl methyl sites for hydroxylation is 1. The number of benzene rings is 2. The summed E-state index contributed by atoms with van der Waals surface area (Å²) in [7, 11) is 1.47. The summed E-state index contributed by atoms with van der Waals surface area (Å²) in [6.45, 7) is 3.43. The molecular weight excluding hydrogens is 356 g/mol. The molecule has 0 aliphatic carbocycles. The fourth-order valence-electron chi connectivity index (χ4n) is 3.43. The van der Waals surface area contributed by atoms with Crippen LogP contribution in [0.1, 0.15) is 41.8 Å². The Morgan fingerprint density at radius 3 is 2.43 bits per heavy atom. The summed E-state index contributed by atoms with van der Waals surface area (Å²) < 4.78 is 5.20. The summed E-state index contributed by atoms with van der Waals surface area (Å²) >= 11 is 0. The van der Waals surface area contributed by atoms with E-state index in [2.05, 4.69) is 12.2 Å². The van der Waals surface area contributed by atoms with Crippen LogP contribution in [0.15, 0.2) is 48.5 Å². The molecular formula is C22H24N2O4. The molecule has 2 aromatic rings. The zero-order valence-corrected chi connectivity index (χ0v) is 16.3. The number of carbonyl (C=O) groups excluding carboxylic acids is 3. The quantitative estimate of drug-likeness (QED) is 0.591. The van der Waals surface area contributed by atoms with E-state index in [1.165, 1.54) is 12.7 Å². The zero-order valence-electron chi connectivity index (χ0n) is 16.3. The summed E-state index contributed by atoms with van der Waals surface area (Å²) in [5.74, 6) is -0.388. The molecule has 1 aliphatic heterocycles. The lowest BCUT2D eigenvalue weighted by atomic mass is 9.91. The number of rotatable bonds is 7. The first-order valence-corrected chi connectivity index (χ1v) is 9.30. The Hall–Kier alpha value is -3.15. The number of nitrogens with one attached hydrogen (secondary N) is 1. The van der Waals surface area contributed by atoms with Crippen LogP contribution in [0.3, 0.4) is 0 Å².